The Balaban J connectivity index is 1.87. The van der Waals surface area contributed by atoms with Crippen LogP contribution in [0, 0.1) is 0 Å². The molecule has 0 aliphatic carbocycles. The number of ether oxygens (including phenoxy) is 1. The topological polar surface area (TPSA) is 12.5 Å². The molecule has 1 heterocycles. The summed E-state index contributed by atoms with van der Waals surface area (Å²) in [5.74, 6) is 1.07. The van der Waals surface area contributed by atoms with E-state index in [4.69, 9.17) is 16.3 Å². The monoisotopic (exact) mass is 253 g/mol. The summed E-state index contributed by atoms with van der Waals surface area (Å²) < 4.78 is 5.50. The van der Waals surface area contributed by atoms with Crippen molar-refractivity contribution in [1.29, 1.82) is 0 Å². The van der Waals surface area contributed by atoms with Gasteiger partial charge in [-0.05, 0) is 37.6 Å². The van der Waals surface area contributed by atoms with Crippen molar-refractivity contribution in [3.8, 4) is 5.75 Å². The summed E-state index contributed by atoms with van der Waals surface area (Å²) in [4.78, 5) is 2.28. The number of hydrogen-bond acceptors (Lipinski definition) is 2. The fourth-order valence-electron chi connectivity index (χ4n) is 2.24. The molecule has 1 aliphatic rings. The number of halogens is 1. The van der Waals surface area contributed by atoms with Gasteiger partial charge in [-0.15, -0.1) is 11.6 Å². The molecular weight excluding hydrogens is 234 g/mol. The van der Waals surface area contributed by atoms with Crippen LogP contribution in [-0.2, 0) is 12.8 Å². The Morgan fingerprint density at radius 3 is 3.06 bits per heavy atom. The third kappa shape index (κ3) is 3.62. The summed E-state index contributed by atoms with van der Waals surface area (Å²) in [5.41, 5.74) is 2.75. The Labute approximate surface area is 109 Å². The highest BCUT2D eigenvalue weighted by Gasteiger charge is 2.12. The Morgan fingerprint density at radius 1 is 1.47 bits per heavy atom. The van der Waals surface area contributed by atoms with Crippen LogP contribution in [0.5, 0.6) is 5.75 Å². The van der Waals surface area contributed by atoms with E-state index in [2.05, 4.69) is 30.1 Å². The van der Waals surface area contributed by atoms with Crippen molar-refractivity contribution in [2.24, 2.45) is 0 Å². The van der Waals surface area contributed by atoms with Crippen LogP contribution in [0.1, 0.15) is 18.1 Å². The molecule has 1 unspecified atom stereocenters. The van der Waals surface area contributed by atoms with Gasteiger partial charge >= 0.3 is 0 Å². The van der Waals surface area contributed by atoms with Gasteiger partial charge in [-0.25, -0.2) is 0 Å². The third-order valence-electron chi connectivity index (χ3n) is 3.10. The van der Waals surface area contributed by atoms with Gasteiger partial charge in [-0.2, -0.15) is 0 Å². The van der Waals surface area contributed by atoms with Gasteiger partial charge in [0.25, 0.3) is 0 Å². The number of benzene rings is 1. The summed E-state index contributed by atoms with van der Waals surface area (Å²) in [5, 5.41) is 0.216. The van der Waals surface area contributed by atoms with E-state index in [0.717, 1.165) is 38.3 Å². The first-order chi connectivity index (χ1) is 8.15. The molecule has 0 radical (unpaired) electrons. The summed E-state index contributed by atoms with van der Waals surface area (Å²) in [6.07, 6.45) is 2.13. The van der Waals surface area contributed by atoms with E-state index >= 15 is 0 Å². The minimum absolute atomic E-state index is 0.216. The first-order valence-electron chi connectivity index (χ1n) is 6.22. The number of rotatable bonds is 5. The molecule has 1 atom stereocenters. The minimum atomic E-state index is 0.216. The van der Waals surface area contributed by atoms with E-state index in [-0.39, 0.29) is 5.38 Å². The fourth-order valence-corrected chi connectivity index (χ4v) is 2.47. The van der Waals surface area contributed by atoms with E-state index in [1.54, 1.807) is 0 Å². The van der Waals surface area contributed by atoms with Gasteiger partial charge in [-0.3, -0.25) is 0 Å². The van der Waals surface area contributed by atoms with Gasteiger partial charge < -0.3 is 9.64 Å². The molecule has 0 aromatic heterocycles. The molecule has 0 bridgehead atoms. The van der Waals surface area contributed by atoms with Gasteiger partial charge in [-0.1, -0.05) is 12.1 Å². The first-order valence-corrected chi connectivity index (χ1v) is 6.66. The lowest BCUT2D eigenvalue weighted by Gasteiger charge is -2.17. The largest absolute Gasteiger partial charge is 0.493 e. The molecule has 1 aromatic rings. The second-order valence-corrected chi connectivity index (χ2v) is 5.58. The molecule has 2 nitrogen and oxygen atoms in total. The predicted molar refractivity (Wildman–Crippen MR) is 72.2 cm³/mol. The van der Waals surface area contributed by atoms with E-state index in [9.17, 15) is 0 Å². The zero-order valence-electron chi connectivity index (χ0n) is 10.6. The lowest BCUT2D eigenvalue weighted by atomic mass is 10.1. The van der Waals surface area contributed by atoms with Crippen LogP contribution in [0.2, 0.25) is 0 Å². The van der Waals surface area contributed by atoms with Crippen LogP contribution < -0.4 is 4.74 Å². The van der Waals surface area contributed by atoms with Gasteiger partial charge in [0.2, 0.25) is 0 Å². The molecule has 0 N–H and O–H groups in total. The highest BCUT2D eigenvalue weighted by Crippen LogP contribution is 2.25. The Kier molecular flexibility index (Phi) is 4.30. The molecule has 0 amide bonds. The van der Waals surface area contributed by atoms with Crippen LogP contribution in [-0.4, -0.2) is 37.0 Å². The molecule has 2 rings (SSSR count). The molecule has 94 valence electrons. The van der Waals surface area contributed by atoms with Gasteiger partial charge in [0.1, 0.15) is 5.75 Å². The molecule has 0 saturated heterocycles. The zero-order chi connectivity index (χ0) is 12.3. The van der Waals surface area contributed by atoms with Crippen LogP contribution in [0.15, 0.2) is 18.2 Å². The van der Waals surface area contributed by atoms with Gasteiger partial charge in [0.05, 0.1) is 6.61 Å². The average Bonchev–Trinajstić information content (AvgIpc) is 2.72. The lowest BCUT2D eigenvalue weighted by molar-refractivity contribution is 0.341. The van der Waals surface area contributed by atoms with Gasteiger partial charge in [0.15, 0.2) is 0 Å². The van der Waals surface area contributed by atoms with Crippen molar-refractivity contribution in [3.05, 3.63) is 29.3 Å². The van der Waals surface area contributed by atoms with Crippen molar-refractivity contribution >= 4 is 11.6 Å². The highest BCUT2D eigenvalue weighted by molar-refractivity contribution is 6.20. The third-order valence-corrected chi connectivity index (χ3v) is 3.24. The number of hydrogen-bond donors (Lipinski definition) is 0. The van der Waals surface area contributed by atoms with Crippen LogP contribution in [0.4, 0.5) is 0 Å². The maximum atomic E-state index is 5.97. The van der Waals surface area contributed by atoms with Crippen LogP contribution >= 0.6 is 11.6 Å². The Bertz CT molecular complexity index is 378. The van der Waals surface area contributed by atoms with E-state index < -0.39 is 0 Å². The molecule has 17 heavy (non-hydrogen) atoms. The molecule has 1 aliphatic heterocycles. The maximum Gasteiger partial charge on any atom is 0.122 e. The minimum Gasteiger partial charge on any atom is -0.493 e. The van der Waals surface area contributed by atoms with Crippen LogP contribution in [0.3, 0.4) is 0 Å². The van der Waals surface area contributed by atoms with Crippen LogP contribution in [0.25, 0.3) is 0 Å². The van der Waals surface area contributed by atoms with E-state index in [1.165, 1.54) is 11.1 Å². The first kappa shape index (κ1) is 12.7. The lowest BCUT2D eigenvalue weighted by Crippen LogP contribution is -2.26. The second-order valence-electron chi connectivity index (χ2n) is 4.83. The zero-order valence-corrected chi connectivity index (χ0v) is 11.3. The smallest absolute Gasteiger partial charge is 0.122 e. The van der Waals surface area contributed by atoms with Crippen molar-refractivity contribution in [1.82, 2.24) is 4.90 Å². The molecule has 3 heteroatoms. The molecule has 0 fully saturated rings. The Hall–Kier alpha value is -0.730. The second kappa shape index (κ2) is 5.74. The predicted octanol–water partition coefficient (Wildman–Crippen LogP) is 2.72. The van der Waals surface area contributed by atoms with Crippen molar-refractivity contribution < 1.29 is 4.74 Å². The normalized spacial score (nSPS) is 15.8. The average molecular weight is 254 g/mol. The molecule has 0 spiro atoms. The van der Waals surface area contributed by atoms with Crippen molar-refractivity contribution in [3.63, 3.8) is 0 Å². The number of likely N-dealkylation sites (N-methyl/N-ethyl adjacent to an activating group) is 1. The van der Waals surface area contributed by atoms with Gasteiger partial charge in [0, 0.05) is 24.9 Å². The van der Waals surface area contributed by atoms with E-state index in [1.807, 2.05) is 6.92 Å². The van der Waals surface area contributed by atoms with Crippen molar-refractivity contribution in [2.45, 2.75) is 25.1 Å². The summed E-state index contributed by atoms with van der Waals surface area (Å²) >= 11 is 5.97. The highest BCUT2D eigenvalue weighted by atomic mass is 35.5. The molecule has 1 aromatic carbocycles. The summed E-state index contributed by atoms with van der Waals surface area (Å²) in [6.45, 7) is 4.86. The van der Waals surface area contributed by atoms with Crippen molar-refractivity contribution in [2.75, 3.05) is 26.7 Å². The maximum absolute atomic E-state index is 5.97. The SMILES string of the molecule is CC(Cl)CN(C)CCc1ccc2c(c1)CCO2. The van der Waals surface area contributed by atoms with E-state index in [0.29, 0.717) is 0 Å². The molecular formula is C14H20ClNO. The molecule has 0 saturated carbocycles. The summed E-state index contributed by atoms with van der Waals surface area (Å²) in [7, 11) is 2.12. The standard InChI is InChI=1S/C14H20ClNO/c1-11(15)10-16(2)7-5-12-3-4-14-13(9-12)6-8-17-14/h3-4,9,11H,5-8,10H2,1-2H3. The Morgan fingerprint density at radius 2 is 2.29 bits per heavy atom. The fraction of sp³-hybridized carbons (Fsp3) is 0.571. The number of alkyl halides is 1. The summed E-state index contributed by atoms with van der Waals surface area (Å²) in [6, 6.07) is 6.55. The number of fused-ring (bicyclic) bond motifs is 1. The number of nitrogens with zero attached hydrogens (tertiary/aromatic N) is 1. The quantitative estimate of drug-likeness (QED) is 0.749.